The minimum atomic E-state index is -0.332. The van der Waals surface area contributed by atoms with Crippen molar-refractivity contribution in [2.45, 2.75) is 16.7 Å². The van der Waals surface area contributed by atoms with Crippen LogP contribution < -0.4 is 5.73 Å². The molecule has 0 fully saturated rings. The van der Waals surface area contributed by atoms with E-state index in [0.29, 0.717) is 16.1 Å². The van der Waals surface area contributed by atoms with Crippen molar-refractivity contribution >= 4 is 28.4 Å². The Morgan fingerprint density at radius 1 is 1.15 bits per heavy atom. The summed E-state index contributed by atoms with van der Waals surface area (Å²) in [6.07, 6.45) is 1.66. The van der Waals surface area contributed by atoms with Crippen molar-refractivity contribution in [3.8, 4) is 0 Å². The third-order valence-corrected chi connectivity index (χ3v) is 4.41. The number of hydrogen-bond donors (Lipinski definition) is 1. The Balaban J connectivity index is 2.19. The number of hydrogen-bond acceptors (Lipinski definition) is 3. The predicted molar refractivity (Wildman–Crippen MR) is 81.4 cm³/mol. The number of nitrogens with two attached hydrogens (primary N) is 1. The minimum Gasteiger partial charge on any atom is -0.398 e. The van der Waals surface area contributed by atoms with E-state index in [4.69, 9.17) is 5.73 Å². The molecule has 0 atom stereocenters. The summed E-state index contributed by atoms with van der Waals surface area (Å²) in [6, 6.07) is 12.9. The maximum Gasteiger partial charge on any atom is 0.141 e. The molecule has 0 saturated heterocycles. The van der Waals surface area contributed by atoms with Crippen molar-refractivity contribution < 1.29 is 4.39 Å². The average molecular weight is 284 g/mol. The van der Waals surface area contributed by atoms with Crippen molar-refractivity contribution in [2.75, 3.05) is 5.73 Å². The van der Waals surface area contributed by atoms with E-state index < -0.39 is 0 Å². The van der Waals surface area contributed by atoms with Gasteiger partial charge in [-0.1, -0.05) is 30.0 Å². The summed E-state index contributed by atoms with van der Waals surface area (Å²) in [5.74, 6) is -0.332. The van der Waals surface area contributed by atoms with Gasteiger partial charge < -0.3 is 5.73 Å². The number of fused-ring (bicyclic) bond motifs is 1. The van der Waals surface area contributed by atoms with Crippen molar-refractivity contribution in [3.63, 3.8) is 0 Å². The first kappa shape index (κ1) is 12.9. The number of aromatic nitrogens is 1. The van der Waals surface area contributed by atoms with Crippen LogP contribution in [0.25, 0.3) is 10.9 Å². The number of rotatable bonds is 2. The first-order chi connectivity index (χ1) is 9.66. The topological polar surface area (TPSA) is 38.9 Å². The molecule has 0 aliphatic heterocycles. The quantitative estimate of drug-likeness (QED) is 0.708. The molecule has 0 amide bonds. The van der Waals surface area contributed by atoms with Gasteiger partial charge in [-0.15, -0.1) is 0 Å². The number of nitrogen functional groups attached to an aromatic ring is 1. The molecule has 0 bridgehead atoms. The predicted octanol–water partition coefficient (Wildman–Crippen LogP) is 4.42. The Morgan fingerprint density at radius 3 is 2.75 bits per heavy atom. The van der Waals surface area contributed by atoms with E-state index >= 15 is 0 Å². The summed E-state index contributed by atoms with van der Waals surface area (Å²) >= 11 is 1.39. The molecular weight excluding hydrogens is 271 g/mol. The van der Waals surface area contributed by atoms with E-state index in [1.54, 1.807) is 12.3 Å². The molecule has 2 aromatic carbocycles. The SMILES string of the molecule is Cc1ccccc1Sc1c(F)cc(N)c2cccnc12. The van der Waals surface area contributed by atoms with Gasteiger partial charge in [0.2, 0.25) is 0 Å². The molecule has 4 heteroatoms. The zero-order valence-electron chi connectivity index (χ0n) is 10.9. The van der Waals surface area contributed by atoms with Crippen LogP contribution in [0.4, 0.5) is 10.1 Å². The lowest BCUT2D eigenvalue weighted by Crippen LogP contribution is -1.94. The van der Waals surface area contributed by atoms with Gasteiger partial charge in [-0.2, -0.15) is 0 Å². The standard InChI is InChI=1S/C16H13FN2S/c1-10-5-2-3-7-14(10)20-16-12(17)9-13(18)11-6-4-8-19-15(11)16/h2-9H,18H2,1H3. The van der Waals surface area contributed by atoms with Crippen molar-refractivity contribution in [3.05, 3.63) is 60.0 Å². The fourth-order valence-corrected chi connectivity index (χ4v) is 3.10. The highest BCUT2D eigenvalue weighted by atomic mass is 32.2. The van der Waals surface area contributed by atoms with Crippen LogP contribution >= 0.6 is 11.8 Å². The van der Waals surface area contributed by atoms with Gasteiger partial charge in [0.1, 0.15) is 5.82 Å². The highest BCUT2D eigenvalue weighted by Crippen LogP contribution is 2.38. The van der Waals surface area contributed by atoms with Crippen LogP contribution in [-0.2, 0) is 0 Å². The van der Waals surface area contributed by atoms with E-state index in [1.807, 2.05) is 37.3 Å². The van der Waals surface area contributed by atoms with Crippen molar-refractivity contribution in [1.82, 2.24) is 4.98 Å². The Hall–Kier alpha value is -2.07. The van der Waals surface area contributed by atoms with Crippen LogP contribution in [0.15, 0.2) is 58.5 Å². The maximum atomic E-state index is 14.3. The zero-order chi connectivity index (χ0) is 14.1. The molecule has 0 aliphatic carbocycles. The first-order valence-corrected chi connectivity index (χ1v) is 7.04. The summed E-state index contributed by atoms with van der Waals surface area (Å²) in [5, 5.41) is 0.782. The maximum absolute atomic E-state index is 14.3. The van der Waals surface area contributed by atoms with Crippen LogP contribution in [0, 0.1) is 12.7 Å². The summed E-state index contributed by atoms with van der Waals surface area (Å²) in [7, 11) is 0. The number of pyridine rings is 1. The number of anilines is 1. The summed E-state index contributed by atoms with van der Waals surface area (Å²) < 4.78 is 14.3. The van der Waals surface area contributed by atoms with Gasteiger partial charge in [0.15, 0.2) is 0 Å². The summed E-state index contributed by atoms with van der Waals surface area (Å²) in [4.78, 5) is 5.82. The highest BCUT2D eigenvalue weighted by molar-refractivity contribution is 7.99. The Kier molecular flexibility index (Phi) is 3.32. The zero-order valence-corrected chi connectivity index (χ0v) is 11.7. The van der Waals surface area contributed by atoms with Gasteiger partial charge in [-0.25, -0.2) is 4.39 Å². The summed E-state index contributed by atoms with van der Waals surface area (Å²) in [6.45, 7) is 2.01. The van der Waals surface area contributed by atoms with Crippen LogP contribution in [0.5, 0.6) is 0 Å². The first-order valence-electron chi connectivity index (χ1n) is 6.23. The molecule has 100 valence electrons. The number of aryl methyl sites for hydroxylation is 1. The lowest BCUT2D eigenvalue weighted by atomic mass is 10.2. The van der Waals surface area contributed by atoms with E-state index in [9.17, 15) is 4.39 Å². The molecule has 3 aromatic rings. The van der Waals surface area contributed by atoms with Gasteiger partial charge >= 0.3 is 0 Å². The van der Waals surface area contributed by atoms with Gasteiger partial charge in [-0.3, -0.25) is 4.98 Å². The lowest BCUT2D eigenvalue weighted by Gasteiger charge is -2.10. The second-order valence-electron chi connectivity index (χ2n) is 4.54. The Labute approximate surface area is 120 Å². The second kappa shape index (κ2) is 5.13. The number of benzene rings is 2. The fourth-order valence-electron chi connectivity index (χ4n) is 2.09. The van der Waals surface area contributed by atoms with Crippen LogP contribution in [-0.4, -0.2) is 4.98 Å². The molecule has 0 spiro atoms. The van der Waals surface area contributed by atoms with Crippen LogP contribution in [0.1, 0.15) is 5.56 Å². The van der Waals surface area contributed by atoms with Gasteiger partial charge in [0.05, 0.1) is 10.4 Å². The molecule has 1 aromatic heterocycles. The largest absolute Gasteiger partial charge is 0.398 e. The highest BCUT2D eigenvalue weighted by Gasteiger charge is 2.14. The molecule has 0 aliphatic rings. The molecular formula is C16H13FN2S. The molecule has 2 N–H and O–H groups in total. The normalized spacial score (nSPS) is 10.9. The molecule has 0 radical (unpaired) electrons. The molecule has 1 heterocycles. The molecule has 2 nitrogen and oxygen atoms in total. The lowest BCUT2D eigenvalue weighted by molar-refractivity contribution is 0.605. The smallest absolute Gasteiger partial charge is 0.141 e. The van der Waals surface area contributed by atoms with Crippen LogP contribution in [0.2, 0.25) is 0 Å². The van der Waals surface area contributed by atoms with E-state index in [-0.39, 0.29) is 5.82 Å². The minimum absolute atomic E-state index is 0.332. The Morgan fingerprint density at radius 2 is 1.95 bits per heavy atom. The van der Waals surface area contributed by atoms with Gasteiger partial charge in [0.25, 0.3) is 0 Å². The molecule has 20 heavy (non-hydrogen) atoms. The average Bonchev–Trinajstić information content (AvgIpc) is 2.45. The number of nitrogens with zero attached hydrogens (tertiary/aromatic N) is 1. The summed E-state index contributed by atoms with van der Waals surface area (Å²) in [5.41, 5.74) is 7.99. The molecule has 0 saturated carbocycles. The van der Waals surface area contributed by atoms with E-state index in [1.165, 1.54) is 17.8 Å². The van der Waals surface area contributed by atoms with Crippen molar-refractivity contribution in [2.24, 2.45) is 0 Å². The second-order valence-corrected chi connectivity index (χ2v) is 5.60. The fraction of sp³-hybridized carbons (Fsp3) is 0.0625. The van der Waals surface area contributed by atoms with Crippen molar-refractivity contribution in [1.29, 1.82) is 0 Å². The van der Waals surface area contributed by atoms with E-state index in [2.05, 4.69) is 4.98 Å². The molecule has 3 rings (SSSR count). The van der Waals surface area contributed by atoms with E-state index in [0.717, 1.165) is 15.8 Å². The van der Waals surface area contributed by atoms with Gasteiger partial charge in [-0.05, 0) is 36.8 Å². The monoisotopic (exact) mass is 284 g/mol. The third-order valence-electron chi connectivity index (χ3n) is 3.14. The van der Waals surface area contributed by atoms with Gasteiger partial charge in [0, 0.05) is 22.2 Å². The number of halogens is 1. The Bertz CT molecular complexity index is 787. The molecule has 0 unspecified atom stereocenters. The third kappa shape index (κ3) is 2.23. The van der Waals surface area contributed by atoms with Crippen LogP contribution in [0.3, 0.4) is 0 Å².